The Morgan fingerprint density at radius 1 is 1.00 bits per heavy atom. The van der Waals surface area contributed by atoms with E-state index in [9.17, 15) is 14.7 Å². The van der Waals surface area contributed by atoms with Gasteiger partial charge in [0.25, 0.3) is 0 Å². The minimum Gasteiger partial charge on any atom is -0.478 e. The lowest BCUT2D eigenvalue weighted by Gasteiger charge is -2.12. The third kappa shape index (κ3) is 2.71. The molecule has 2 aromatic carbocycles. The molecule has 5 heteroatoms. The first-order valence-electron chi connectivity index (χ1n) is 5.58. The van der Waals surface area contributed by atoms with E-state index in [1.165, 1.54) is 6.07 Å². The average Bonchev–Trinajstić information content (AvgIpc) is 2.38. The van der Waals surface area contributed by atoms with Crippen molar-refractivity contribution in [3.63, 3.8) is 0 Å². The molecule has 0 aliphatic carbocycles. The Hall–Kier alpha value is -2.82. The molecule has 0 aliphatic heterocycles. The molecule has 4 N–H and O–H groups in total. The number of rotatable bonds is 3. The molecular weight excluding hydrogens is 244 g/mol. The van der Waals surface area contributed by atoms with Crippen LogP contribution in [0.3, 0.4) is 0 Å². The monoisotopic (exact) mass is 256 g/mol. The van der Waals surface area contributed by atoms with Crippen LogP contribution in [0.2, 0.25) is 0 Å². The van der Waals surface area contributed by atoms with Gasteiger partial charge in [-0.2, -0.15) is 0 Å². The molecule has 0 unspecified atom stereocenters. The minimum atomic E-state index is -1.06. The SMILES string of the molecule is NC(=O)Nc1cccc(C(=O)O)c1-c1ccccc1. The summed E-state index contributed by atoms with van der Waals surface area (Å²) in [5.74, 6) is -1.06. The van der Waals surface area contributed by atoms with Crippen LogP contribution in [0.25, 0.3) is 11.1 Å². The molecule has 2 aromatic rings. The maximum absolute atomic E-state index is 11.3. The van der Waals surface area contributed by atoms with Crippen LogP contribution in [0.5, 0.6) is 0 Å². The molecule has 2 amide bonds. The van der Waals surface area contributed by atoms with Gasteiger partial charge in [0.05, 0.1) is 11.3 Å². The molecule has 0 spiro atoms. The van der Waals surface area contributed by atoms with E-state index in [2.05, 4.69) is 5.32 Å². The Morgan fingerprint density at radius 2 is 1.68 bits per heavy atom. The molecule has 0 atom stereocenters. The number of amides is 2. The van der Waals surface area contributed by atoms with Crippen molar-refractivity contribution in [2.24, 2.45) is 5.73 Å². The Morgan fingerprint density at radius 3 is 2.26 bits per heavy atom. The van der Waals surface area contributed by atoms with Crippen LogP contribution < -0.4 is 11.1 Å². The number of hydrogen-bond donors (Lipinski definition) is 3. The summed E-state index contributed by atoms with van der Waals surface area (Å²) >= 11 is 0. The zero-order valence-corrected chi connectivity index (χ0v) is 9.96. The molecule has 0 saturated heterocycles. The first kappa shape index (κ1) is 12.6. The largest absolute Gasteiger partial charge is 0.478 e. The Labute approximate surface area is 109 Å². The summed E-state index contributed by atoms with van der Waals surface area (Å²) in [6.07, 6.45) is 0. The van der Waals surface area contributed by atoms with E-state index >= 15 is 0 Å². The number of benzene rings is 2. The van der Waals surface area contributed by atoms with Crippen molar-refractivity contribution < 1.29 is 14.7 Å². The minimum absolute atomic E-state index is 0.109. The van der Waals surface area contributed by atoms with Gasteiger partial charge in [-0.15, -0.1) is 0 Å². The van der Waals surface area contributed by atoms with Crippen LogP contribution in [0.4, 0.5) is 10.5 Å². The van der Waals surface area contributed by atoms with Crippen LogP contribution >= 0.6 is 0 Å². The van der Waals surface area contributed by atoms with Gasteiger partial charge in [-0.05, 0) is 17.7 Å². The number of carbonyl (C=O) groups is 2. The maximum atomic E-state index is 11.3. The van der Waals surface area contributed by atoms with E-state index < -0.39 is 12.0 Å². The third-order valence-electron chi connectivity index (χ3n) is 2.62. The lowest BCUT2D eigenvalue weighted by Crippen LogP contribution is -2.20. The Kier molecular flexibility index (Phi) is 3.47. The number of nitrogens with one attached hydrogen (secondary N) is 1. The number of hydrogen-bond acceptors (Lipinski definition) is 2. The average molecular weight is 256 g/mol. The third-order valence-corrected chi connectivity index (χ3v) is 2.62. The van der Waals surface area contributed by atoms with Crippen molar-refractivity contribution in [1.82, 2.24) is 0 Å². The highest BCUT2D eigenvalue weighted by Crippen LogP contribution is 2.31. The number of carboxylic acids is 1. The highest BCUT2D eigenvalue weighted by molar-refractivity contribution is 6.03. The van der Waals surface area contributed by atoms with Gasteiger partial charge in [0.1, 0.15) is 0 Å². The van der Waals surface area contributed by atoms with Crippen molar-refractivity contribution in [1.29, 1.82) is 0 Å². The fourth-order valence-corrected chi connectivity index (χ4v) is 1.88. The van der Waals surface area contributed by atoms with Gasteiger partial charge >= 0.3 is 12.0 Å². The Bertz CT molecular complexity index is 624. The molecule has 96 valence electrons. The van der Waals surface area contributed by atoms with Crippen LogP contribution in [0, 0.1) is 0 Å². The first-order valence-corrected chi connectivity index (χ1v) is 5.58. The zero-order chi connectivity index (χ0) is 13.8. The highest BCUT2D eigenvalue weighted by Gasteiger charge is 2.16. The summed E-state index contributed by atoms with van der Waals surface area (Å²) in [4.78, 5) is 22.3. The number of urea groups is 1. The molecule has 0 fully saturated rings. The number of primary amides is 1. The van der Waals surface area contributed by atoms with Crippen molar-refractivity contribution in [3.05, 3.63) is 54.1 Å². The van der Waals surface area contributed by atoms with Crippen LogP contribution in [0.1, 0.15) is 10.4 Å². The number of nitrogens with two attached hydrogens (primary N) is 1. The lowest BCUT2D eigenvalue weighted by molar-refractivity contribution is 0.0697. The fourth-order valence-electron chi connectivity index (χ4n) is 1.88. The van der Waals surface area contributed by atoms with E-state index in [1.807, 2.05) is 6.07 Å². The van der Waals surface area contributed by atoms with Gasteiger partial charge in [-0.1, -0.05) is 36.4 Å². The van der Waals surface area contributed by atoms with Gasteiger partial charge in [0, 0.05) is 5.56 Å². The van der Waals surface area contributed by atoms with Crippen molar-refractivity contribution in [2.75, 3.05) is 5.32 Å². The van der Waals surface area contributed by atoms with Gasteiger partial charge in [-0.3, -0.25) is 0 Å². The summed E-state index contributed by atoms with van der Waals surface area (Å²) in [6, 6.07) is 12.9. The molecule has 0 radical (unpaired) electrons. The quantitative estimate of drug-likeness (QED) is 0.787. The maximum Gasteiger partial charge on any atom is 0.336 e. The van der Waals surface area contributed by atoms with E-state index in [-0.39, 0.29) is 5.56 Å². The molecule has 0 saturated carbocycles. The molecular formula is C14H12N2O3. The van der Waals surface area contributed by atoms with Crippen molar-refractivity contribution >= 4 is 17.7 Å². The second kappa shape index (κ2) is 5.22. The standard InChI is InChI=1S/C14H12N2O3/c15-14(19)16-11-8-4-7-10(13(17)18)12(11)9-5-2-1-3-6-9/h1-8H,(H,17,18)(H3,15,16,19). The summed E-state index contributed by atoms with van der Waals surface area (Å²) in [7, 11) is 0. The second-order valence-corrected chi connectivity index (χ2v) is 3.89. The van der Waals surface area contributed by atoms with Crippen molar-refractivity contribution in [3.8, 4) is 11.1 Å². The summed E-state index contributed by atoms with van der Waals surface area (Å²) in [6.45, 7) is 0. The number of carboxylic acid groups (broad SMARTS) is 1. The topological polar surface area (TPSA) is 92.4 Å². The van der Waals surface area contributed by atoms with Crippen LogP contribution in [-0.4, -0.2) is 17.1 Å². The zero-order valence-electron chi connectivity index (χ0n) is 9.96. The number of anilines is 1. The number of aromatic carboxylic acids is 1. The Balaban J connectivity index is 2.66. The van der Waals surface area contributed by atoms with Gasteiger partial charge in [0.15, 0.2) is 0 Å². The van der Waals surface area contributed by atoms with Crippen molar-refractivity contribution in [2.45, 2.75) is 0 Å². The van der Waals surface area contributed by atoms with Gasteiger partial charge < -0.3 is 16.2 Å². The summed E-state index contributed by atoms with van der Waals surface area (Å²) in [5.41, 5.74) is 6.72. The van der Waals surface area contributed by atoms with E-state index in [0.29, 0.717) is 16.8 Å². The molecule has 2 rings (SSSR count). The van der Waals surface area contributed by atoms with E-state index in [0.717, 1.165) is 0 Å². The fraction of sp³-hybridized carbons (Fsp3) is 0. The molecule has 0 bridgehead atoms. The summed E-state index contributed by atoms with van der Waals surface area (Å²) < 4.78 is 0. The second-order valence-electron chi connectivity index (χ2n) is 3.89. The molecule has 19 heavy (non-hydrogen) atoms. The van der Waals surface area contributed by atoms with Crippen LogP contribution in [0.15, 0.2) is 48.5 Å². The van der Waals surface area contributed by atoms with E-state index in [1.54, 1.807) is 36.4 Å². The summed E-state index contributed by atoms with van der Waals surface area (Å²) in [5, 5.41) is 11.7. The van der Waals surface area contributed by atoms with Gasteiger partial charge in [0.2, 0.25) is 0 Å². The van der Waals surface area contributed by atoms with Crippen LogP contribution in [-0.2, 0) is 0 Å². The van der Waals surface area contributed by atoms with Gasteiger partial charge in [-0.25, -0.2) is 9.59 Å². The highest BCUT2D eigenvalue weighted by atomic mass is 16.4. The molecule has 0 aliphatic rings. The normalized spacial score (nSPS) is 9.89. The smallest absolute Gasteiger partial charge is 0.336 e. The molecule has 0 aromatic heterocycles. The lowest BCUT2D eigenvalue weighted by atomic mass is 9.97. The molecule has 5 nitrogen and oxygen atoms in total. The first-order chi connectivity index (χ1) is 9.09. The molecule has 0 heterocycles. The predicted octanol–water partition coefficient (Wildman–Crippen LogP) is 2.54. The van der Waals surface area contributed by atoms with E-state index in [4.69, 9.17) is 5.73 Å². The number of carbonyl (C=O) groups excluding carboxylic acids is 1. The predicted molar refractivity (Wildman–Crippen MR) is 72.0 cm³/mol.